The molecule has 2 aromatic carbocycles. The van der Waals surface area contributed by atoms with Gasteiger partial charge in [0, 0.05) is 37.8 Å². The highest BCUT2D eigenvalue weighted by atomic mass is 19.1. The van der Waals surface area contributed by atoms with Gasteiger partial charge in [0.1, 0.15) is 0 Å². The summed E-state index contributed by atoms with van der Waals surface area (Å²) in [5.74, 6) is -0.435. The van der Waals surface area contributed by atoms with Crippen LogP contribution in [0.2, 0.25) is 0 Å². The quantitative estimate of drug-likeness (QED) is 0.305. The molecule has 41 heavy (non-hydrogen) atoms. The molecule has 11 heteroatoms. The number of carboxylic acid groups (broad SMARTS) is 1. The lowest BCUT2D eigenvalue weighted by molar-refractivity contribution is 0.0624. The Morgan fingerprint density at radius 2 is 1.95 bits per heavy atom. The van der Waals surface area contributed by atoms with Crippen LogP contribution in [0.15, 0.2) is 54.9 Å². The van der Waals surface area contributed by atoms with E-state index >= 15 is 0 Å². The van der Waals surface area contributed by atoms with Gasteiger partial charge in [0.25, 0.3) is 5.91 Å². The number of carbonyl (C=O) groups excluding carboxylic acids is 1. The third kappa shape index (κ3) is 6.30. The maximum absolute atomic E-state index is 14.6. The average molecular weight is 565 g/mol. The maximum Gasteiger partial charge on any atom is 0.404 e. The van der Waals surface area contributed by atoms with Gasteiger partial charge < -0.3 is 35.3 Å². The van der Waals surface area contributed by atoms with Crippen LogP contribution in [0.4, 0.5) is 14.9 Å². The lowest BCUT2D eigenvalue weighted by Crippen LogP contribution is -2.54. The zero-order valence-electron chi connectivity index (χ0n) is 23.2. The highest BCUT2D eigenvalue weighted by Crippen LogP contribution is 2.35. The monoisotopic (exact) mass is 564 g/mol. The van der Waals surface area contributed by atoms with Gasteiger partial charge in [-0.1, -0.05) is 49.2 Å². The lowest BCUT2D eigenvalue weighted by Gasteiger charge is -2.36. The second-order valence-electron chi connectivity index (χ2n) is 10.5. The number of ether oxygens (including phenoxy) is 1. The molecule has 10 nitrogen and oxygen atoms in total. The first-order valence-corrected chi connectivity index (χ1v) is 14.2. The highest BCUT2D eigenvalue weighted by Gasteiger charge is 2.35. The number of amides is 2. The number of piperazine rings is 1. The van der Waals surface area contributed by atoms with Crippen LogP contribution in [-0.4, -0.2) is 76.9 Å². The Morgan fingerprint density at radius 1 is 1.15 bits per heavy atom. The molecule has 218 valence electrons. The number of aromatic nitrogens is 2. The number of nitrogens with zero attached hydrogens (tertiary/aromatic N) is 3. The van der Waals surface area contributed by atoms with Crippen LogP contribution in [0.3, 0.4) is 0 Å². The zero-order valence-corrected chi connectivity index (χ0v) is 23.2. The number of hydrogen-bond donors (Lipinski definition) is 4. The summed E-state index contributed by atoms with van der Waals surface area (Å²) in [5, 5.41) is 18.7. The minimum Gasteiger partial charge on any atom is -0.494 e. The molecule has 2 fully saturated rings. The van der Waals surface area contributed by atoms with Crippen molar-refractivity contribution in [3.63, 3.8) is 0 Å². The van der Waals surface area contributed by atoms with Crippen molar-refractivity contribution in [2.75, 3.05) is 38.6 Å². The predicted octanol–water partition coefficient (Wildman–Crippen LogP) is 4.37. The van der Waals surface area contributed by atoms with Crippen molar-refractivity contribution >= 4 is 17.7 Å². The molecular weight excluding hydrogens is 527 g/mol. The summed E-state index contributed by atoms with van der Waals surface area (Å²) in [6.45, 7) is 2.26. The summed E-state index contributed by atoms with van der Waals surface area (Å²) in [6.07, 6.45) is 4.67. The van der Waals surface area contributed by atoms with Gasteiger partial charge >= 0.3 is 6.09 Å². The van der Waals surface area contributed by atoms with Crippen LogP contribution >= 0.6 is 0 Å². The summed E-state index contributed by atoms with van der Waals surface area (Å²) in [7, 11) is 1.43. The van der Waals surface area contributed by atoms with Gasteiger partial charge in [0.05, 0.1) is 36.9 Å². The van der Waals surface area contributed by atoms with Crippen molar-refractivity contribution in [1.82, 2.24) is 25.1 Å². The van der Waals surface area contributed by atoms with E-state index in [4.69, 9.17) is 4.74 Å². The lowest BCUT2D eigenvalue weighted by atomic mass is 9.89. The van der Waals surface area contributed by atoms with E-state index in [1.807, 2.05) is 39.8 Å². The number of nitrogens with one attached hydrogen (secondary N) is 3. The molecule has 0 unspecified atom stereocenters. The van der Waals surface area contributed by atoms with E-state index in [-0.39, 0.29) is 29.8 Å². The molecule has 1 saturated carbocycles. The molecule has 2 amide bonds. The predicted molar refractivity (Wildman–Crippen MR) is 154 cm³/mol. The van der Waals surface area contributed by atoms with E-state index in [0.29, 0.717) is 49.7 Å². The van der Waals surface area contributed by atoms with E-state index in [1.165, 1.54) is 7.11 Å². The number of carbonyl (C=O) groups is 2. The van der Waals surface area contributed by atoms with Crippen molar-refractivity contribution in [2.24, 2.45) is 0 Å². The Hall–Kier alpha value is -4.12. The molecule has 0 spiro atoms. The molecule has 0 radical (unpaired) electrons. The number of hydrogen-bond acceptors (Lipinski definition) is 6. The van der Waals surface area contributed by atoms with Gasteiger partial charge in [-0.3, -0.25) is 4.79 Å². The molecule has 4 N–H and O–H groups in total. The first kappa shape index (κ1) is 28.4. The fourth-order valence-electron chi connectivity index (χ4n) is 6.02. The summed E-state index contributed by atoms with van der Waals surface area (Å²) >= 11 is 0. The number of methoxy groups -OCH3 is 1. The van der Waals surface area contributed by atoms with Crippen molar-refractivity contribution in [3.05, 3.63) is 66.4 Å². The third-order valence-corrected chi connectivity index (χ3v) is 8.03. The number of anilines is 1. The standard InChI is InChI=1S/C30H37FN6O4/c1-41-25-13-7-11-23(26(25)31)33-15-14-21-18-32-16-17-36(21)29(38)27-28(20-8-3-2-4-9-20)37(19-34-27)24-12-6-5-10-22(24)35-30(39)40/h2-4,7-9,11,13,19,21-22,24,32-33,35H,5-6,10,12,14-18H2,1H3,(H,39,40)/t21-,22+,24+/m1/s1. The average Bonchev–Trinajstić information content (AvgIpc) is 3.43. The molecule has 5 rings (SSSR count). The molecule has 2 heterocycles. The SMILES string of the molecule is COc1cccc(NCC[C@@H]2CNCCN2C(=O)c2ncn([C@H]3CCCC[C@@H]3NC(=O)O)c2-c2ccccc2)c1F. The van der Waals surface area contributed by atoms with Crippen LogP contribution in [0.25, 0.3) is 11.3 Å². The highest BCUT2D eigenvalue weighted by molar-refractivity contribution is 5.98. The topological polar surface area (TPSA) is 121 Å². The fourth-order valence-corrected chi connectivity index (χ4v) is 6.02. The van der Waals surface area contributed by atoms with Gasteiger partial charge in [-0.25, -0.2) is 14.2 Å². The fraction of sp³-hybridized carbons (Fsp3) is 0.433. The van der Waals surface area contributed by atoms with Gasteiger partial charge in [-0.15, -0.1) is 0 Å². The van der Waals surface area contributed by atoms with E-state index in [1.54, 1.807) is 24.5 Å². The van der Waals surface area contributed by atoms with Crippen molar-refractivity contribution in [2.45, 2.75) is 50.2 Å². The van der Waals surface area contributed by atoms with Crippen LogP contribution < -0.4 is 20.7 Å². The molecule has 1 aromatic heterocycles. The Bertz CT molecular complexity index is 1350. The van der Waals surface area contributed by atoms with Crippen LogP contribution in [0.5, 0.6) is 5.75 Å². The second-order valence-corrected chi connectivity index (χ2v) is 10.5. The normalized spacial score (nSPS) is 20.8. The van der Waals surface area contributed by atoms with E-state index in [9.17, 15) is 19.1 Å². The van der Waals surface area contributed by atoms with Crippen LogP contribution in [-0.2, 0) is 0 Å². The van der Waals surface area contributed by atoms with Gasteiger partial charge in [-0.05, 0) is 31.4 Å². The van der Waals surface area contributed by atoms with Crippen molar-refractivity contribution < 1.29 is 23.8 Å². The van der Waals surface area contributed by atoms with Crippen molar-refractivity contribution in [1.29, 1.82) is 0 Å². The largest absolute Gasteiger partial charge is 0.494 e. The van der Waals surface area contributed by atoms with Crippen molar-refractivity contribution in [3.8, 4) is 17.0 Å². The van der Waals surface area contributed by atoms with E-state index in [0.717, 1.165) is 31.2 Å². The molecular formula is C30H37FN6O4. The Balaban J connectivity index is 1.40. The molecule has 2 aliphatic rings. The van der Waals surface area contributed by atoms with Gasteiger partial charge in [0.15, 0.2) is 17.3 Å². The Labute approximate surface area is 238 Å². The molecule has 0 bridgehead atoms. The number of halogens is 1. The van der Waals surface area contributed by atoms with Gasteiger partial charge in [0.2, 0.25) is 0 Å². The molecule has 1 aliphatic heterocycles. The second kappa shape index (κ2) is 13.0. The first-order valence-electron chi connectivity index (χ1n) is 14.2. The summed E-state index contributed by atoms with van der Waals surface area (Å²) in [5.41, 5.74) is 2.27. The molecule has 3 aromatic rings. The molecule has 1 saturated heterocycles. The number of benzene rings is 2. The summed E-state index contributed by atoms with van der Waals surface area (Å²) < 4.78 is 21.7. The zero-order chi connectivity index (χ0) is 28.8. The smallest absolute Gasteiger partial charge is 0.404 e. The van der Waals surface area contributed by atoms with Gasteiger partial charge in [-0.2, -0.15) is 0 Å². The first-order chi connectivity index (χ1) is 20.0. The molecule has 1 aliphatic carbocycles. The summed E-state index contributed by atoms with van der Waals surface area (Å²) in [4.78, 5) is 32.2. The minimum absolute atomic E-state index is 0.123. The van der Waals surface area contributed by atoms with E-state index in [2.05, 4.69) is 20.9 Å². The van der Waals surface area contributed by atoms with Crippen LogP contribution in [0.1, 0.15) is 48.6 Å². The summed E-state index contributed by atoms with van der Waals surface area (Å²) in [6, 6.07) is 14.1. The molecule has 3 atom stereocenters. The van der Waals surface area contributed by atoms with E-state index < -0.39 is 11.9 Å². The number of rotatable bonds is 9. The maximum atomic E-state index is 14.6. The Kier molecular flexibility index (Phi) is 9.03. The van der Waals surface area contributed by atoms with Crippen LogP contribution in [0, 0.1) is 5.82 Å². The third-order valence-electron chi connectivity index (χ3n) is 8.03. The minimum atomic E-state index is -1.05. The number of imidazole rings is 1. The Morgan fingerprint density at radius 3 is 2.73 bits per heavy atom.